The van der Waals surface area contributed by atoms with Crippen molar-refractivity contribution in [3.63, 3.8) is 0 Å². The highest BCUT2D eigenvalue weighted by Gasteiger charge is 2.27. The molecule has 1 aromatic carbocycles. The fraction of sp³-hybridized carbons (Fsp3) is 0.231. The van der Waals surface area contributed by atoms with Crippen LogP contribution in [0.4, 0.5) is 5.69 Å². The first kappa shape index (κ1) is 13.7. The van der Waals surface area contributed by atoms with Crippen molar-refractivity contribution in [2.75, 3.05) is 0 Å². The molecule has 1 N–H and O–H groups in total. The Morgan fingerprint density at radius 2 is 2.19 bits per heavy atom. The van der Waals surface area contributed by atoms with Crippen LogP contribution in [0.5, 0.6) is 0 Å². The lowest BCUT2D eigenvalue weighted by Gasteiger charge is -2.06. The molecule has 8 heteroatoms. The van der Waals surface area contributed by atoms with Crippen molar-refractivity contribution in [3.8, 4) is 5.69 Å². The van der Waals surface area contributed by atoms with Crippen LogP contribution in [0, 0.1) is 10.1 Å². The molecule has 1 aliphatic rings. The molecular formula is C13H10BrN3O4. The normalized spacial score (nSPS) is 13.2. The van der Waals surface area contributed by atoms with E-state index >= 15 is 0 Å². The maximum absolute atomic E-state index is 11.2. The molecule has 0 saturated heterocycles. The predicted octanol–water partition coefficient (Wildman–Crippen LogP) is 2.73. The Hall–Kier alpha value is -2.22. The number of rotatable bonds is 3. The number of aromatic nitrogens is 2. The molecule has 0 bridgehead atoms. The zero-order valence-corrected chi connectivity index (χ0v) is 12.3. The third-order valence-corrected chi connectivity index (χ3v) is 4.14. The van der Waals surface area contributed by atoms with Gasteiger partial charge in [-0.1, -0.05) is 0 Å². The molecule has 0 amide bonds. The topological polar surface area (TPSA) is 98.3 Å². The lowest BCUT2D eigenvalue weighted by atomic mass is 10.2. The number of nitro benzene ring substituents is 1. The van der Waals surface area contributed by atoms with Crippen molar-refractivity contribution in [2.45, 2.75) is 19.3 Å². The van der Waals surface area contributed by atoms with Crippen LogP contribution < -0.4 is 0 Å². The summed E-state index contributed by atoms with van der Waals surface area (Å²) in [5.41, 5.74) is 2.27. The van der Waals surface area contributed by atoms with E-state index in [1.54, 1.807) is 16.8 Å². The van der Waals surface area contributed by atoms with E-state index in [1.165, 1.54) is 6.07 Å². The van der Waals surface area contributed by atoms with E-state index in [4.69, 9.17) is 0 Å². The highest BCUT2D eigenvalue weighted by Crippen LogP contribution is 2.31. The summed E-state index contributed by atoms with van der Waals surface area (Å²) in [6.45, 7) is 0. The van der Waals surface area contributed by atoms with E-state index in [0.29, 0.717) is 16.6 Å². The maximum atomic E-state index is 11.2. The van der Waals surface area contributed by atoms with Gasteiger partial charge in [0.2, 0.25) is 0 Å². The molecule has 21 heavy (non-hydrogen) atoms. The summed E-state index contributed by atoms with van der Waals surface area (Å²) in [5, 5.41) is 24.2. The van der Waals surface area contributed by atoms with Crippen LogP contribution in [0.3, 0.4) is 0 Å². The summed E-state index contributed by atoms with van der Waals surface area (Å²) >= 11 is 3.16. The van der Waals surface area contributed by atoms with Gasteiger partial charge in [0, 0.05) is 17.3 Å². The zero-order chi connectivity index (χ0) is 15.1. The number of hydrogen-bond donors (Lipinski definition) is 1. The first-order chi connectivity index (χ1) is 9.99. The van der Waals surface area contributed by atoms with Gasteiger partial charge in [0.1, 0.15) is 0 Å². The number of carboxylic acid groups (broad SMARTS) is 1. The summed E-state index contributed by atoms with van der Waals surface area (Å²) < 4.78 is 1.91. The smallest absolute Gasteiger partial charge is 0.356 e. The Balaban J connectivity index is 2.13. The van der Waals surface area contributed by atoms with Gasteiger partial charge in [-0.3, -0.25) is 10.1 Å². The van der Waals surface area contributed by atoms with E-state index in [2.05, 4.69) is 21.0 Å². The average Bonchev–Trinajstić information content (AvgIpc) is 2.98. The van der Waals surface area contributed by atoms with Gasteiger partial charge < -0.3 is 5.11 Å². The first-order valence-electron chi connectivity index (χ1n) is 6.27. The lowest BCUT2D eigenvalue weighted by molar-refractivity contribution is -0.385. The van der Waals surface area contributed by atoms with E-state index in [-0.39, 0.29) is 11.4 Å². The van der Waals surface area contributed by atoms with Gasteiger partial charge in [-0.25, -0.2) is 9.48 Å². The predicted molar refractivity (Wildman–Crippen MR) is 76.9 cm³/mol. The Bertz CT molecular complexity index is 769. The van der Waals surface area contributed by atoms with E-state index < -0.39 is 10.9 Å². The Labute approximate surface area is 127 Å². The Morgan fingerprint density at radius 1 is 1.43 bits per heavy atom. The van der Waals surface area contributed by atoms with Gasteiger partial charge in [0.15, 0.2) is 5.69 Å². The molecule has 2 aromatic rings. The summed E-state index contributed by atoms with van der Waals surface area (Å²) in [6, 6.07) is 4.53. The van der Waals surface area contributed by atoms with Crippen LogP contribution >= 0.6 is 15.9 Å². The highest BCUT2D eigenvalue weighted by molar-refractivity contribution is 9.10. The first-order valence-corrected chi connectivity index (χ1v) is 7.06. The number of aromatic carboxylic acids is 1. The molecule has 1 aliphatic carbocycles. The minimum Gasteiger partial charge on any atom is -0.476 e. The molecule has 0 fully saturated rings. The molecule has 0 spiro atoms. The molecule has 7 nitrogen and oxygen atoms in total. The van der Waals surface area contributed by atoms with Crippen molar-refractivity contribution < 1.29 is 14.8 Å². The third kappa shape index (κ3) is 2.21. The van der Waals surface area contributed by atoms with Crippen LogP contribution in [-0.4, -0.2) is 25.8 Å². The van der Waals surface area contributed by atoms with Gasteiger partial charge >= 0.3 is 5.97 Å². The SMILES string of the molecule is O=C(O)c1nn(-c2ccc([N+](=O)[O-])c(Br)c2)c2c1CCC2. The van der Waals surface area contributed by atoms with Gasteiger partial charge in [-0.2, -0.15) is 5.10 Å². The second-order valence-corrected chi connectivity index (χ2v) is 5.59. The van der Waals surface area contributed by atoms with Gasteiger partial charge in [0.05, 0.1) is 15.1 Å². The number of fused-ring (bicyclic) bond motifs is 1. The fourth-order valence-corrected chi connectivity index (χ4v) is 3.11. The molecule has 0 saturated carbocycles. The molecule has 1 heterocycles. The number of carbonyl (C=O) groups is 1. The quantitative estimate of drug-likeness (QED) is 0.677. The summed E-state index contributed by atoms with van der Waals surface area (Å²) in [5.74, 6) is -1.05. The average molecular weight is 352 g/mol. The zero-order valence-electron chi connectivity index (χ0n) is 10.7. The number of hydrogen-bond acceptors (Lipinski definition) is 4. The molecular weight excluding hydrogens is 342 g/mol. The van der Waals surface area contributed by atoms with E-state index in [9.17, 15) is 20.0 Å². The second kappa shape index (κ2) is 4.96. The van der Waals surface area contributed by atoms with Crippen LogP contribution in [0.15, 0.2) is 22.7 Å². The van der Waals surface area contributed by atoms with E-state index in [0.717, 1.165) is 24.1 Å². The number of halogens is 1. The van der Waals surface area contributed by atoms with Gasteiger partial charge in [-0.05, 0) is 47.3 Å². The third-order valence-electron chi connectivity index (χ3n) is 3.51. The number of nitrogens with zero attached hydrogens (tertiary/aromatic N) is 3. The second-order valence-electron chi connectivity index (χ2n) is 4.74. The van der Waals surface area contributed by atoms with Crippen LogP contribution in [0.1, 0.15) is 28.2 Å². The monoisotopic (exact) mass is 351 g/mol. The largest absolute Gasteiger partial charge is 0.476 e. The standard InChI is InChI=1S/C13H10BrN3O4/c14-9-6-7(4-5-11(9)17(20)21)16-10-3-1-2-8(10)12(15-16)13(18)19/h4-6H,1-3H2,(H,18,19). The number of benzene rings is 1. The Kier molecular flexibility index (Phi) is 3.25. The van der Waals surface area contributed by atoms with Crippen LogP contribution in [0.2, 0.25) is 0 Å². The van der Waals surface area contributed by atoms with Crippen molar-refractivity contribution in [1.29, 1.82) is 0 Å². The fourth-order valence-electron chi connectivity index (χ4n) is 2.60. The minimum absolute atomic E-state index is 0.0407. The van der Waals surface area contributed by atoms with Crippen molar-refractivity contribution in [3.05, 3.63) is 49.7 Å². The Morgan fingerprint density at radius 3 is 2.81 bits per heavy atom. The molecule has 108 valence electrons. The van der Waals surface area contributed by atoms with E-state index in [1.807, 2.05) is 0 Å². The van der Waals surface area contributed by atoms with Crippen LogP contribution in [0.25, 0.3) is 5.69 Å². The van der Waals surface area contributed by atoms with Gasteiger partial charge in [0.25, 0.3) is 5.69 Å². The van der Waals surface area contributed by atoms with Crippen molar-refractivity contribution in [1.82, 2.24) is 9.78 Å². The number of carboxylic acids is 1. The minimum atomic E-state index is -1.05. The summed E-state index contributed by atoms with van der Waals surface area (Å²) in [4.78, 5) is 21.6. The lowest BCUT2D eigenvalue weighted by Crippen LogP contribution is -2.05. The van der Waals surface area contributed by atoms with Crippen LogP contribution in [-0.2, 0) is 12.8 Å². The number of nitro groups is 1. The molecule has 0 unspecified atom stereocenters. The summed E-state index contributed by atoms with van der Waals surface area (Å²) in [7, 11) is 0. The molecule has 0 atom stereocenters. The summed E-state index contributed by atoms with van der Waals surface area (Å²) in [6.07, 6.45) is 2.34. The maximum Gasteiger partial charge on any atom is 0.356 e. The van der Waals surface area contributed by atoms with Crippen molar-refractivity contribution >= 4 is 27.6 Å². The van der Waals surface area contributed by atoms with Crippen molar-refractivity contribution in [2.24, 2.45) is 0 Å². The molecule has 0 aliphatic heterocycles. The molecule has 1 aromatic heterocycles. The molecule has 3 rings (SSSR count). The van der Waals surface area contributed by atoms with Gasteiger partial charge in [-0.15, -0.1) is 0 Å². The highest BCUT2D eigenvalue weighted by atomic mass is 79.9. The molecule has 0 radical (unpaired) electrons.